The van der Waals surface area contributed by atoms with Gasteiger partial charge in [0.2, 0.25) is 10.0 Å². The SMILES string of the molecule is CCCNS(=O)(=O)c1ccccc1NCCCOCCC. The van der Waals surface area contributed by atoms with Crippen molar-refractivity contribution in [3.05, 3.63) is 24.3 Å². The third-order valence-corrected chi connectivity index (χ3v) is 4.37. The van der Waals surface area contributed by atoms with Crippen LogP contribution in [-0.2, 0) is 14.8 Å². The van der Waals surface area contributed by atoms with Gasteiger partial charge in [0.05, 0.1) is 5.69 Å². The third-order valence-electron chi connectivity index (χ3n) is 2.85. The zero-order valence-electron chi connectivity index (χ0n) is 12.9. The van der Waals surface area contributed by atoms with Crippen molar-refractivity contribution < 1.29 is 13.2 Å². The van der Waals surface area contributed by atoms with E-state index in [1.165, 1.54) is 0 Å². The molecule has 1 aromatic carbocycles. The van der Waals surface area contributed by atoms with Crippen LogP contribution in [-0.4, -0.2) is 34.7 Å². The minimum atomic E-state index is -3.45. The first-order valence-electron chi connectivity index (χ1n) is 7.52. The van der Waals surface area contributed by atoms with E-state index in [0.717, 1.165) is 25.9 Å². The lowest BCUT2D eigenvalue weighted by atomic mass is 10.3. The highest BCUT2D eigenvalue weighted by Crippen LogP contribution is 2.20. The average molecular weight is 314 g/mol. The molecule has 5 nitrogen and oxygen atoms in total. The lowest BCUT2D eigenvalue weighted by Gasteiger charge is -2.13. The largest absolute Gasteiger partial charge is 0.384 e. The van der Waals surface area contributed by atoms with Gasteiger partial charge >= 0.3 is 0 Å². The molecule has 0 amide bonds. The van der Waals surface area contributed by atoms with E-state index in [1.807, 2.05) is 13.0 Å². The molecule has 21 heavy (non-hydrogen) atoms. The molecule has 0 aliphatic carbocycles. The number of anilines is 1. The van der Waals surface area contributed by atoms with Crippen LogP contribution in [0.4, 0.5) is 5.69 Å². The van der Waals surface area contributed by atoms with E-state index in [0.29, 0.717) is 30.3 Å². The van der Waals surface area contributed by atoms with Crippen molar-refractivity contribution in [2.24, 2.45) is 0 Å². The Hall–Kier alpha value is -1.11. The number of hydrogen-bond acceptors (Lipinski definition) is 4. The highest BCUT2D eigenvalue weighted by molar-refractivity contribution is 7.89. The van der Waals surface area contributed by atoms with Crippen LogP contribution >= 0.6 is 0 Å². The summed E-state index contributed by atoms with van der Waals surface area (Å²) < 4.78 is 32.4. The second kappa shape index (κ2) is 9.76. The normalized spacial score (nSPS) is 11.5. The van der Waals surface area contributed by atoms with Gasteiger partial charge in [-0.15, -0.1) is 0 Å². The molecule has 0 heterocycles. The van der Waals surface area contributed by atoms with Crippen LogP contribution < -0.4 is 10.0 Å². The van der Waals surface area contributed by atoms with Gasteiger partial charge in [0, 0.05) is 26.3 Å². The van der Waals surface area contributed by atoms with Gasteiger partial charge in [-0.3, -0.25) is 0 Å². The Kier molecular flexibility index (Phi) is 8.34. The maximum Gasteiger partial charge on any atom is 0.242 e. The Morgan fingerprint density at radius 2 is 1.81 bits per heavy atom. The van der Waals surface area contributed by atoms with Crippen LogP contribution in [0.1, 0.15) is 33.1 Å². The number of para-hydroxylation sites is 1. The first-order valence-corrected chi connectivity index (χ1v) is 9.00. The molecule has 0 saturated carbocycles. The van der Waals surface area contributed by atoms with Crippen LogP contribution in [0.3, 0.4) is 0 Å². The van der Waals surface area contributed by atoms with Crippen molar-refractivity contribution in [2.75, 3.05) is 31.6 Å². The summed E-state index contributed by atoms with van der Waals surface area (Å²) in [4.78, 5) is 0.299. The Morgan fingerprint density at radius 1 is 1.05 bits per heavy atom. The molecule has 2 N–H and O–H groups in total. The molecule has 0 aliphatic rings. The van der Waals surface area contributed by atoms with Gasteiger partial charge in [-0.25, -0.2) is 13.1 Å². The van der Waals surface area contributed by atoms with Crippen LogP contribution in [0.2, 0.25) is 0 Å². The van der Waals surface area contributed by atoms with Gasteiger partial charge in [0.1, 0.15) is 4.90 Å². The molecule has 0 aliphatic heterocycles. The zero-order chi connectivity index (χ0) is 15.6. The van der Waals surface area contributed by atoms with Crippen molar-refractivity contribution in [3.8, 4) is 0 Å². The Balaban J connectivity index is 2.59. The summed E-state index contributed by atoms with van der Waals surface area (Å²) in [5.74, 6) is 0. The van der Waals surface area contributed by atoms with E-state index in [-0.39, 0.29) is 0 Å². The fourth-order valence-electron chi connectivity index (χ4n) is 1.80. The van der Waals surface area contributed by atoms with Gasteiger partial charge in [-0.1, -0.05) is 26.0 Å². The second-order valence-electron chi connectivity index (χ2n) is 4.79. The molecule has 1 aromatic rings. The van der Waals surface area contributed by atoms with Crippen LogP contribution in [0.25, 0.3) is 0 Å². The highest BCUT2D eigenvalue weighted by Gasteiger charge is 2.16. The summed E-state index contributed by atoms with van der Waals surface area (Å²) in [5, 5.41) is 3.17. The highest BCUT2D eigenvalue weighted by atomic mass is 32.2. The van der Waals surface area contributed by atoms with E-state index in [1.54, 1.807) is 18.2 Å². The molecule has 0 spiro atoms. The van der Waals surface area contributed by atoms with Crippen molar-refractivity contribution in [3.63, 3.8) is 0 Å². The molecule has 0 fully saturated rings. The van der Waals surface area contributed by atoms with Crippen molar-refractivity contribution in [1.29, 1.82) is 0 Å². The van der Waals surface area contributed by atoms with Crippen molar-refractivity contribution in [2.45, 2.75) is 38.0 Å². The molecule has 0 unspecified atom stereocenters. The standard InChI is InChI=1S/C15H26N2O3S/c1-3-10-17-21(18,19)15-9-6-5-8-14(15)16-11-7-13-20-12-4-2/h5-6,8-9,16-17H,3-4,7,10-13H2,1-2H3. The van der Waals surface area contributed by atoms with Gasteiger partial charge in [0.25, 0.3) is 0 Å². The molecule has 0 atom stereocenters. The Morgan fingerprint density at radius 3 is 2.52 bits per heavy atom. The summed E-state index contributed by atoms with van der Waals surface area (Å²) in [7, 11) is -3.45. The predicted molar refractivity (Wildman–Crippen MR) is 86.1 cm³/mol. The number of sulfonamides is 1. The van der Waals surface area contributed by atoms with E-state index < -0.39 is 10.0 Å². The minimum Gasteiger partial charge on any atom is -0.384 e. The maximum absolute atomic E-state index is 12.2. The number of ether oxygens (including phenoxy) is 1. The quantitative estimate of drug-likeness (QED) is 0.616. The molecule has 6 heteroatoms. The Labute approximate surface area is 128 Å². The average Bonchev–Trinajstić information content (AvgIpc) is 2.49. The number of hydrogen-bond donors (Lipinski definition) is 2. The molecule has 0 saturated heterocycles. The summed E-state index contributed by atoms with van der Waals surface area (Å²) >= 11 is 0. The van der Waals surface area contributed by atoms with Crippen molar-refractivity contribution in [1.82, 2.24) is 4.72 Å². The predicted octanol–water partition coefficient (Wildman–Crippen LogP) is 2.60. The fraction of sp³-hybridized carbons (Fsp3) is 0.600. The minimum absolute atomic E-state index is 0.299. The summed E-state index contributed by atoms with van der Waals surface area (Å²) in [6, 6.07) is 6.96. The van der Waals surface area contributed by atoms with Gasteiger partial charge in [0.15, 0.2) is 0 Å². The maximum atomic E-state index is 12.2. The van der Waals surface area contributed by atoms with E-state index >= 15 is 0 Å². The molecular weight excluding hydrogens is 288 g/mol. The second-order valence-corrected chi connectivity index (χ2v) is 6.52. The van der Waals surface area contributed by atoms with E-state index in [4.69, 9.17) is 4.74 Å². The van der Waals surface area contributed by atoms with Crippen LogP contribution in [0, 0.1) is 0 Å². The number of rotatable bonds is 11. The topological polar surface area (TPSA) is 67.4 Å². The Bertz CT molecular complexity index is 503. The summed E-state index contributed by atoms with van der Waals surface area (Å²) in [6.45, 7) is 6.59. The lowest BCUT2D eigenvalue weighted by Crippen LogP contribution is -2.25. The molecule has 0 radical (unpaired) electrons. The van der Waals surface area contributed by atoms with E-state index in [2.05, 4.69) is 17.0 Å². The molecule has 0 aromatic heterocycles. The van der Waals surface area contributed by atoms with Gasteiger partial charge in [-0.05, 0) is 31.4 Å². The summed E-state index contributed by atoms with van der Waals surface area (Å²) in [5.41, 5.74) is 0.636. The molecule has 1 rings (SSSR count). The molecule has 120 valence electrons. The first-order chi connectivity index (χ1) is 10.1. The van der Waals surface area contributed by atoms with E-state index in [9.17, 15) is 8.42 Å². The third kappa shape index (κ3) is 6.46. The lowest BCUT2D eigenvalue weighted by molar-refractivity contribution is 0.134. The molecule has 0 bridgehead atoms. The zero-order valence-corrected chi connectivity index (χ0v) is 13.7. The monoisotopic (exact) mass is 314 g/mol. The number of nitrogens with one attached hydrogen (secondary N) is 2. The van der Waals surface area contributed by atoms with Crippen molar-refractivity contribution >= 4 is 15.7 Å². The van der Waals surface area contributed by atoms with Crippen LogP contribution in [0.15, 0.2) is 29.2 Å². The van der Waals surface area contributed by atoms with Crippen LogP contribution in [0.5, 0.6) is 0 Å². The smallest absolute Gasteiger partial charge is 0.242 e. The fourth-order valence-corrected chi connectivity index (χ4v) is 3.12. The van der Waals surface area contributed by atoms with Gasteiger partial charge < -0.3 is 10.1 Å². The number of benzene rings is 1. The van der Waals surface area contributed by atoms with Gasteiger partial charge in [-0.2, -0.15) is 0 Å². The first kappa shape index (κ1) is 17.9. The summed E-state index contributed by atoms with van der Waals surface area (Å²) in [6.07, 6.45) is 2.62. The molecular formula is C15H26N2O3S.